The summed E-state index contributed by atoms with van der Waals surface area (Å²) in [4.78, 5) is 6.70. The molecule has 1 atom stereocenters. The summed E-state index contributed by atoms with van der Waals surface area (Å²) < 4.78 is 19.2. The fraction of sp³-hybridized carbons (Fsp3) is 0.550. The molecule has 5 nitrogen and oxygen atoms in total. The van der Waals surface area contributed by atoms with Crippen molar-refractivity contribution in [3.05, 3.63) is 34.3 Å². The fourth-order valence-corrected chi connectivity index (χ4v) is 4.13. The maximum absolute atomic E-state index is 6.00. The van der Waals surface area contributed by atoms with E-state index < -0.39 is 0 Å². The minimum atomic E-state index is -0.113. The molecule has 0 aromatic heterocycles. The van der Waals surface area contributed by atoms with Gasteiger partial charge >= 0.3 is 0 Å². The number of hydrogen-bond acceptors (Lipinski definition) is 5. The Bertz CT molecular complexity index is 715. The van der Waals surface area contributed by atoms with Crippen LogP contribution in [0.1, 0.15) is 52.1 Å². The molecule has 1 aromatic rings. The van der Waals surface area contributed by atoms with E-state index in [4.69, 9.17) is 14.2 Å². The van der Waals surface area contributed by atoms with Crippen LogP contribution in [0.4, 0.5) is 0 Å². The third-order valence-electron chi connectivity index (χ3n) is 4.30. The van der Waals surface area contributed by atoms with E-state index >= 15 is 0 Å². The molecular weight excluding hydrogens is 476 g/mol. The number of nitrogens with zero attached hydrogens (tertiary/aromatic N) is 2. The SMILES string of the molecule is CCC(CC)OC1=CN(C)C(c2cc(Br)c(OC(C)C)cc2OC)C(Br)=N1. The topological polar surface area (TPSA) is 43.3 Å². The summed E-state index contributed by atoms with van der Waals surface area (Å²) in [6.07, 6.45) is 4.08. The van der Waals surface area contributed by atoms with Crippen LogP contribution in [0, 0.1) is 0 Å². The van der Waals surface area contributed by atoms with Gasteiger partial charge in [0.25, 0.3) is 0 Å². The van der Waals surface area contributed by atoms with Gasteiger partial charge in [-0.15, -0.1) is 0 Å². The molecule has 0 radical (unpaired) electrons. The Morgan fingerprint density at radius 2 is 1.78 bits per heavy atom. The molecule has 0 N–H and O–H groups in total. The van der Waals surface area contributed by atoms with E-state index in [1.54, 1.807) is 7.11 Å². The predicted molar refractivity (Wildman–Crippen MR) is 117 cm³/mol. The van der Waals surface area contributed by atoms with Crippen molar-refractivity contribution >= 4 is 36.5 Å². The molecule has 1 heterocycles. The average molecular weight is 504 g/mol. The Morgan fingerprint density at radius 3 is 2.30 bits per heavy atom. The number of halogens is 2. The lowest BCUT2D eigenvalue weighted by Gasteiger charge is -2.32. The van der Waals surface area contributed by atoms with Gasteiger partial charge in [0.15, 0.2) is 0 Å². The maximum atomic E-state index is 6.00. The van der Waals surface area contributed by atoms with Gasteiger partial charge < -0.3 is 19.1 Å². The Kier molecular flexibility index (Phi) is 8.04. The second-order valence-electron chi connectivity index (χ2n) is 6.72. The van der Waals surface area contributed by atoms with Gasteiger partial charge in [0, 0.05) is 18.7 Å². The van der Waals surface area contributed by atoms with Crippen LogP contribution in [0.2, 0.25) is 0 Å². The van der Waals surface area contributed by atoms with Gasteiger partial charge in [-0.25, -0.2) is 4.99 Å². The molecule has 0 spiro atoms. The zero-order valence-electron chi connectivity index (χ0n) is 16.8. The predicted octanol–water partition coefficient (Wildman–Crippen LogP) is 6.03. The number of hydrogen-bond donors (Lipinski definition) is 0. The van der Waals surface area contributed by atoms with Gasteiger partial charge in [-0.2, -0.15) is 0 Å². The van der Waals surface area contributed by atoms with Gasteiger partial charge in [0.05, 0.1) is 30.0 Å². The molecule has 0 amide bonds. The number of ether oxygens (including phenoxy) is 3. The first-order valence-corrected chi connectivity index (χ1v) is 10.8. The van der Waals surface area contributed by atoms with Gasteiger partial charge in [0.1, 0.15) is 22.2 Å². The van der Waals surface area contributed by atoms with Crippen molar-refractivity contribution in [1.82, 2.24) is 4.90 Å². The molecule has 150 valence electrons. The number of rotatable bonds is 8. The largest absolute Gasteiger partial charge is 0.496 e. The first-order valence-electron chi connectivity index (χ1n) is 9.19. The highest BCUT2D eigenvalue weighted by molar-refractivity contribution is 9.18. The molecule has 0 saturated heterocycles. The highest BCUT2D eigenvalue weighted by atomic mass is 79.9. The molecule has 7 heteroatoms. The molecular formula is C20H28Br2N2O3. The van der Waals surface area contributed by atoms with Crippen molar-refractivity contribution in [2.45, 2.75) is 58.8 Å². The van der Waals surface area contributed by atoms with Crippen LogP contribution in [-0.4, -0.2) is 35.9 Å². The van der Waals surface area contributed by atoms with Crippen molar-refractivity contribution in [2.75, 3.05) is 14.2 Å². The van der Waals surface area contributed by atoms with Crippen LogP contribution in [0.15, 0.2) is 33.7 Å². The number of benzene rings is 1. The molecule has 0 bridgehead atoms. The van der Waals surface area contributed by atoms with Crippen LogP contribution in [-0.2, 0) is 4.74 Å². The summed E-state index contributed by atoms with van der Waals surface area (Å²) in [7, 11) is 3.67. The third-order valence-corrected chi connectivity index (χ3v) is 5.53. The molecule has 2 rings (SSSR count). The Balaban J connectivity index is 2.35. The molecule has 1 aromatic carbocycles. The van der Waals surface area contributed by atoms with Crippen LogP contribution in [0.5, 0.6) is 11.5 Å². The van der Waals surface area contributed by atoms with Crippen molar-refractivity contribution in [1.29, 1.82) is 0 Å². The summed E-state index contributed by atoms with van der Waals surface area (Å²) in [6.45, 7) is 8.23. The normalized spacial score (nSPS) is 17.1. The Labute approximate surface area is 179 Å². The first-order chi connectivity index (χ1) is 12.8. The van der Waals surface area contributed by atoms with E-state index in [0.29, 0.717) is 5.88 Å². The Morgan fingerprint density at radius 1 is 1.11 bits per heavy atom. The highest BCUT2D eigenvalue weighted by Crippen LogP contribution is 2.41. The summed E-state index contributed by atoms with van der Waals surface area (Å²) in [6, 6.07) is 3.82. The van der Waals surface area contributed by atoms with E-state index in [1.807, 2.05) is 39.2 Å². The molecule has 27 heavy (non-hydrogen) atoms. The van der Waals surface area contributed by atoms with Crippen LogP contribution in [0.3, 0.4) is 0 Å². The third kappa shape index (κ3) is 5.41. The average Bonchev–Trinajstić information content (AvgIpc) is 2.60. The zero-order chi connectivity index (χ0) is 20.1. The summed E-state index contributed by atoms with van der Waals surface area (Å²) in [5.41, 5.74) is 0.983. The van der Waals surface area contributed by atoms with E-state index in [9.17, 15) is 0 Å². The Hall–Kier alpha value is -1.21. The lowest BCUT2D eigenvalue weighted by molar-refractivity contribution is 0.101. The highest BCUT2D eigenvalue weighted by Gasteiger charge is 2.29. The number of methoxy groups -OCH3 is 1. The van der Waals surface area contributed by atoms with Crippen molar-refractivity contribution < 1.29 is 14.2 Å². The van der Waals surface area contributed by atoms with Crippen LogP contribution in [0.25, 0.3) is 0 Å². The molecule has 0 fully saturated rings. The quantitative estimate of drug-likeness (QED) is 0.434. The van der Waals surface area contributed by atoms with Crippen LogP contribution < -0.4 is 9.47 Å². The van der Waals surface area contributed by atoms with E-state index in [0.717, 1.165) is 39.0 Å². The van der Waals surface area contributed by atoms with E-state index in [2.05, 4.69) is 55.6 Å². The lowest BCUT2D eigenvalue weighted by atomic mass is 10.0. The van der Waals surface area contributed by atoms with Crippen molar-refractivity contribution in [2.24, 2.45) is 4.99 Å². The molecule has 1 unspecified atom stereocenters. The fourth-order valence-electron chi connectivity index (χ4n) is 2.93. The summed E-state index contributed by atoms with van der Waals surface area (Å²) in [5.74, 6) is 2.12. The second kappa shape index (κ2) is 9.82. The van der Waals surface area contributed by atoms with Crippen LogP contribution >= 0.6 is 31.9 Å². The minimum Gasteiger partial charge on any atom is -0.496 e. The second-order valence-corrected chi connectivity index (χ2v) is 8.38. The summed E-state index contributed by atoms with van der Waals surface area (Å²) in [5, 5.41) is 0. The van der Waals surface area contributed by atoms with E-state index in [-0.39, 0.29) is 18.2 Å². The van der Waals surface area contributed by atoms with E-state index in [1.165, 1.54) is 0 Å². The van der Waals surface area contributed by atoms with Crippen molar-refractivity contribution in [3.8, 4) is 11.5 Å². The zero-order valence-corrected chi connectivity index (χ0v) is 19.9. The monoisotopic (exact) mass is 502 g/mol. The summed E-state index contributed by atoms with van der Waals surface area (Å²) >= 11 is 7.25. The first kappa shape index (κ1) is 22.1. The molecule has 0 aliphatic carbocycles. The van der Waals surface area contributed by atoms with Crippen molar-refractivity contribution in [3.63, 3.8) is 0 Å². The molecule has 0 saturated carbocycles. The van der Waals surface area contributed by atoms with Gasteiger partial charge in [0.2, 0.25) is 5.88 Å². The number of aliphatic imine (C=N–C) groups is 1. The van der Waals surface area contributed by atoms with Gasteiger partial charge in [-0.05, 0) is 64.6 Å². The van der Waals surface area contributed by atoms with Gasteiger partial charge in [-0.3, -0.25) is 0 Å². The minimum absolute atomic E-state index is 0.0789. The van der Waals surface area contributed by atoms with Gasteiger partial charge in [-0.1, -0.05) is 13.8 Å². The lowest BCUT2D eigenvalue weighted by Crippen LogP contribution is -2.29. The molecule has 1 aliphatic heterocycles. The standard InChI is InChI=1S/C20H28Br2N2O3/c1-7-13(8-2)27-18-11-24(5)19(20(22)23-18)14-9-15(21)17(26-12(3)4)10-16(14)25-6/h9-13,19H,7-8H2,1-6H3. The maximum Gasteiger partial charge on any atom is 0.230 e. The smallest absolute Gasteiger partial charge is 0.230 e. The molecule has 1 aliphatic rings.